The van der Waals surface area contributed by atoms with Crippen LogP contribution in [-0.4, -0.2) is 61.8 Å². The summed E-state index contributed by atoms with van der Waals surface area (Å²) in [4.78, 5) is 12.7. The Hall–Kier alpha value is -3.10. The molecule has 194 valence electrons. The lowest BCUT2D eigenvalue weighted by molar-refractivity contribution is -0.123. The molecule has 4 N–H and O–H groups in total. The molecule has 1 heterocycles. The molecule has 3 atom stereocenters. The van der Waals surface area contributed by atoms with Crippen LogP contribution in [0.5, 0.6) is 11.5 Å². The summed E-state index contributed by atoms with van der Waals surface area (Å²) in [5.41, 5.74) is 6.72. The lowest BCUT2D eigenvalue weighted by Crippen LogP contribution is -2.54. The van der Waals surface area contributed by atoms with Crippen LogP contribution in [0.3, 0.4) is 0 Å². The molecule has 1 unspecified atom stereocenters. The first-order valence-corrected chi connectivity index (χ1v) is 13.2. The third-order valence-corrected chi connectivity index (χ3v) is 7.53. The Kier molecular flexibility index (Phi) is 9.34. The van der Waals surface area contributed by atoms with E-state index in [9.17, 15) is 18.3 Å². The summed E-state index contributed by atoms with van der Waals surface area (Å²) in [7, 11) is -4.00. The van der Waals surface area contributed by atoms with Gasteiger partial charge in [-0.1, -0.05) is 44.2 Å². The van der Waals surface area contributed by atoms with E-state index < -0.39 is 34.1 Å². The fraction of sp³-hybridized carbons (Fsp3) is 0.423. The van der Waals surface area contributed by atoms with Gasteiger partial charge in [0.15, 0.2) is 11.5 Å². The summed E-state index contributed by atoms with van der Waals surface area (Å²) in [5.74, 6) is 2.64. The van der Waals surface area contributed by atoms with Crippen molar-refractivity contribution < 1.29 is 27.8 Å². The number of sulfonamides is 1. The molecule has 0 spiro atoms. The minimum absolute atomic E-state index is 0.0211. The zero-order valence-electron chi connectivity index (χ0n) is 20.5. The van der Waals surface area contributed by atoms with Crippen LogP contribution in [0.25, 0.3) is 0 Å². The first-order valence-electron chi connectivity index (χ1n) is 11.7. The summed E-state index contributed by atoms with van der Waals surface area (Å²) in [6, 6.07) is 12.0. The number of aliphatic hydroxyl groups excluding tert-OH is 1. The summed E-state index contributed by atoms with van der Waals surface area (Å²) in [6.07, 6.45) is 4.37. The molecule has 1 aliphatic rings. The number of rotatable bonds is 12. The average Bonchev–Trinajstić information content (AvgIpc) is 3.31. The van der Waals surface area contributed by atoms with E-state index in [0.717, 1.165) is 5.56 Å². The number of nitrogens with two attached hydrogens (primary N) is 1. The normalized spacial score (nSPS) is 15.4. The van der Waals surface area contributed by atoms with Crippen LogP contribution >= 0.6 is 0 Å². The van der Waals surface area contributed by atoms with Crippen molar-refractivity contribution in [2.45, 2.75) is 49.8 Å². The number of terminal acetylenes is 1. The predicted octanol–water partition coefficient (Wildman–Crippen LogP) is 1.50. The van der Waals surface area contributed by atoms with Gasteiger partial charge in [0.1, 0.15) is 0 Å². The molecule has 0 saturated heterocycles. The van der Waals surface area contributed by atoms with Gasteiger partial charge in [0, 0.05) is 25.6 Å². The van der Waals surface area contributed by atoms with E-state index in [2.05, 4.69) is 11.2 Å². The van der Waals surface area contributed by atoms with Crippen molar-refractivity contribution in [2.75, 3.05) is 19.9 Å². The van der Waals surface area contributed by atoms with Gasteiger partial charge in [0.2, 0.25) is 22.7 Å². The molecule has 9 nitrogen and oxygen atoms in total. The molecule has 2 aromatic rings. The largest absolute Gasteiger partial charge is 0.454 e. The third-order valence-electron chi connectivity index (χ3n) is 5.71. The Bertz CT molecular complexity index is 1180. The minimum Gasteiger partial charge on any atom is -0.454 e. The number of aliphatic hydroxyl groups is 1. The Morgan fingerprint density at radius 1 is 1.17 bits per heavy atom. The summed E-state index contributed by atoms with van der Waals surface area (Å²) >= 11 is 0. The Labute approximate surface area is 212 Å². The van der Waals surface area contributed by atoms with Crippen LogP contribution in [-0.2, 0) is 21.2 Å². The van der Waals surface area contributed by atoms with E-state index in [0.29, 0.717) is 11.5 Å². The summed E-state index contributed by atoms with van der Waals surface area (Å²) in [6.45, 7) is 3.72. The standard InChI is InChI=1S/C26H33N3O6S/c1-4-8-21(27)26(31)28-22(13-19-9-6-5-7-10-19)23(30)16-29(15-18(2)3)36(32,33)20-11-12-24-25(14-20)35-17-34-24/h1,5-7,9-12,14,18,21-23,30H,8,13,15-17,27H2,2-3H3,(H,28,31)/t21-,22?,23+/m0/s1. The molecule has 0 aliphatic carbocycles. The number of nitrogens with zero attached hydrogens (tertiary/aromatic N) is 1. The molecule has 0 saturated carbocycles. The number of carbonyl (C=O) groups is 1. The molecule has 3 rings (SSSR count). The quantitative estimate of drug-likeness (QED) is 0.365. The maximum absolute atomic E-state index is 13.6. The van der Waals surface area contributed by atoms with Crippen LogP contribution < -0.4 is 20.5 Å². The van der Waals surface area contributed by atoms with Gasteiger partial charge in [0.05, 0.1) is 23.1 Å². The van der Waals surface area contributed by atoms with Crippen molar-refractivity contribution in [1.29, 1.82) is 0 Å². The number of benzene rings is 2. The molecule has 1 aliphatic heterocycles. The number of nitrogens with one attached hydrogen (secondary N) is 1. The zero-order chi connectivity index (χ0) is 26.3. The van der Waals surface area contributed by atoms with Crippen molar-refractivity contribution >= 4 is 15.9 Å². The highest BCUT2D eigenvalue weighted by Crippen LogP contribution is 2.34. The number of ether oxygens (including phenoxy) is 2. The maximum atomic E-state index is 13.6. The second-order valence-electron chi connectivity index (χ2n) is 9.12. The molecular formula is C26H33N3O6S. The van der Waals surface area contributed by atoms with Crippen molar-refractivity contribution in [3.05, 3.63) is 54.1 Å². The van der Waals surface area contributed by atoms with Crippen molar-refractivity contribution in [3.63, 3.8) is 0 Å². The van der Waals surface area contributed by atoms with Crippen molar-refractivity contribution in [2.24, 2.45) is 11.7 Å². The molecule has 1 amide bonds. The summed E-state index contributed by atoms with van der Waals surface area (Å²) < 4.78 is 39.0. The predicted molar refractivity (Wildman–Crippen MR) is 136 cm³/mol. The van der Waals surface area contributed by atoms with Gasteiger partial charge in [0.25, 0.3) is 0 Å². The molecule has 0 radical (unpaired) electrons. The van der Waals surface area contributed by atoms with Gasteiger partial charge in [-0.15, -0.1) is 12.3 Å². The molecule has 0 aromatic heterocycles. The van der Waals surface area contributed by atoms with Crippen LogP contribution in [0.15, 0.2) is 53.4 Å². The van der Waals surface area contributed by atoms with Gasteiger partial charge in [-0.3, -0.25) is 4.79 Å². The zero-order valence-corrected chi connectivity index (χ0v) is 21.3. The molecular weight excluding hydrogens is 482 g/mol. The van der Waals surface area contributed by atoms with Crippen LogP contribution in [0.1, 0.15) is 25.8 Å². The van der Waals surface area contributed by atoms with Gasteiger partial charge in [-0.05, 0) is 30.0 Å². The lowest BCUT2D eigenvalue weighted by atomic mass is 10.00. The first-order chi connectivity index (χ1) is 17.1. The monoisotopic (exact) mass is 515 g/mol. The van der Waals surface area contributed by atoms with Gasteiger partial charge >= 0.3 is 0 Å². The number of carbonyl (C=O) groups excluding carboxylic acids is 1. The average molecular weight is 516 g/mol. The smallest absolute Gasteiger partial charge is 0.243 e. The van der Waals surface area contributed by atoms with Gasteiger partial charge in [-0.2, -0.15) is 4.31 Å². The highest BCUT2D eigenvalue weighted by molar-refractivity contribution is 7.89. The SMILES string of the molecule is C#CC[C@H](N)C(=O)NC(Cc1ccccc1)[C@H](O)CN(CC(C)C)S(=O)(=O)c1ccc2c(c1)OCO2. The van der Waals surface area contributed by atoms with E-state index in [1.54, 1.807) is 6.07 Å². The first kappa shape index (κ1) is 27.5. The molecule has 10 heteroatoms. The molecule has 36 heavy (non-hydrogen) atoms. The number of hydrogen-bond donors (Lipinski definition) is 3. The van der Waals surface area contributed by atoms with Gasteiger partial charge in [-0.25, -0.2) is 8.42 Å². The Balaban J connectivity index is 1.86. The van der Waals surface area contributed by atoms with E-state index in [1.807, 2.05) is 44.2 Å². The summed E-state index contributed by atoms with van der Waals surface area (Å²) in [5, 5.41) is 14.0. The number of hydrogen-bond acceptors (Lipinski definition) is 7. The second-order valence-corrected chi connectivity index (χ2v) is 11.1. The van der Waals surface area contributed by atoms with Crippen LogP contribution in [0.4, 0.5) is 0 Å². The van der Waals surface area contributed by atoms with E-state index >= 15 is 0 Å². The number of fused-ring (bicyclic) bond motifs is 1. The molecule has 0 fully saturated rings. The minimum atomic E-state index is -4.00. The maximum Gasteiger partial charge on any atom is 0.243 e. The third kappa shape index (κ3) is 6.98. The Morgan fingerprint density at radius 2 is 1.86 bits per heavy atom. The highest BCUT2D eigenvalue weighted by Gasteiger charge is 2.32. The van der Waals surface area contributed by atoms with E-state index in [4.69, 9.17) is 21.6 Å². The fourth-order valence-corrected chi connectivity index (χ4v) is 5.50. The van der Waals surface area contributed by atoms with Gasteiger partial charge < -0.3 is 25.6 Å². The van der Waals surface area contributed by atoms with Crippen molar-refractivity contribution in [3.8, 4) is 23.8 Å². The van der Waals surface area contributed by atoms with E-state index in [-0.39, 0.29) is 43.5 Å². The van der Waals surface area contributed by atoms with Crippen LogP contribution in [0, 0.1) is 18.3 Å². The lowest BCUT2D eigenvalue weighted by Gasteiger charge is -2.31. The Morgan fingerprint density at radius 3 is 2.53 bits per heavy atom. The van der Waals surface area contributed by atoms with E-state index in [1.165, 1.54) is 16.4 Å². The topological polar surface area (TPSA) is 131 Å². The molecule has 2 aromatic carbocycles. The number of amides is 1. The second kappa shape index (κ2) is 12.2. The highest BCUT2D eigenvalue weighted by atomic mass is 32.2. The molecule has 0 bridgehead atoms. The fourth-order valence-electron chi connectivity index (χ4n) is 3.86. The van der Waals surface area contributed by atoms with Crippen molar-refractivity contribution in [1.82, 2.24) is 9.62 Å². The van der Waals surface area contributed by atoms with Crippen LogP contribution in [0.2, 0.25) is 0 Å².